The summed E-state index contributed by atoms with van der Waals surface area (Å²) in [7, 11) is 1.31. The van der Waals surface area contributed by atoms with Crippen molar-refractivity contribution in [3.63, 3.8) is 0 Å². The third kappa shape index (κ3) is 3.93. The minimum absolute atomic E-state index is 0.0251. The molecule has 1 aliphatic rings. The molecule has 130 valence electrons. The second kappa shape index (κ2) is 7.95. The minimum atomic E-state index is -0.674. The van der Waals surface area contributed by atoms with Gasteiger partial charge >= 0.3 is 5.97 Å². The van der Waals surface area contributed by atoms with E-state index in [0.717, 1.165) is 18.5 Å². The number of anilines is 1. The van der Waals surface area contributed by atoms with Gasteiger partial charge in [-0.3, -0.25) is 9.59 Å². The van der Waals surface area contributed by atoms with Crippen molar-refractivity contribution in [2.75, 3.05) is 18.6 Å². The fraction of sp³-hybridized carbons (Fsp3) is 0.500. The molecule has 1 aliphatic heterocycles. The van der Waals surface area contributed by atoms with Crippen LogP contribution in [0.3, 0.4) is 0 Å². The Morgan fingerprint density at radius 2 is 1.96 bits per heavy atom. The number of carbonyl (C=O) groups excluding carboxylic acids is 3. The lowest BCUT2D eigenvalue weighted by atomic mass is 9.99. The van der Waals surface area contributed by atoms with Crippen LogP contribution in [0.2, 0.25) is 0 Å². The first-order valence-corrected chi connectivity index (χ1v) is 8.27. The maximum absolute atomic E-state index is 12.4. The lowest BCUT2D eigenvalue weighted by Gasteiger charge is -2.22. The molecule has 0 radical (unpaired) electrons. The highest BCUT2D eigenvalue weighted by Gasteiger charge is 2.27. The molecule has 6 heteroatoms. The van der Waals surface area contributed by atoms with Crippen LogP contribution in [0.5, 0.6) is 0 Å². The summed E-state index contributed by atoms with van der Waals surface area (Å²) in [5.41, 5.74) is 1.24. The van der Waals surface area contributed by atoms with Gasteiger partial charge in [0.15, 0.2) is 0 Å². The van der Waals surface area contributed by atoms with E-state index in [0.29, 0.717) is 18.5 Å². The molecule has 2 rings (SSSR count). The van der Waals surface area contributed by atoms with Crippen molar-refractivity contribution in [3.8, 4) is 0 Å². The molecule has 1 aromatic carbocycles. The molecule has 1 aromatic rings. The highest BCUT2D eigenvalue weighted by molar-refractivity contribution is 5.98. The van der Waals surface area contributed by atoms with Gasteiger partial charge in [-0.05, 0) is 36.6 Å². The number of rotatable bonds is 6. The summed E-state index contributed by atoms with van der Waals surface area (Å²) in [5.74, 6) is -0.695. The van der Waals surface area contributed by atoms with Crippen molar-refractivity contribution in [2.24, 2.45) is 5.92 Å². The van der Waals surface area contributed by atoms with Gasteiger partial charge in [0.1, 0.15) is 6.04 Å². The first kappa shape index (κ1) is 18.0. The smallest absolute Gasteiger partial charge is 0.328 e. The van der Waals surface area contributed by atoms with E-state index in [1.807, 2.05) is 13.8 Å². The number of benzene rings is 1. The molecular weight excluding hydrogens is 308 g/mol. The Bertz CT molecular complexity index is 612. The number of esters is 1. The Balaban J connectivity index is 2.08. The molecule has 6 nitrogen and oxygen atoms in total. The zero-order valence-electron chi connectivity index (χ0n) is 14.4. The van der Waals surface area contributed by atoms with Crippen molar-refractivity contribution in [1.82, 2.24) is 5.32 Å². The first-order chi connectivity index (χ1) is 11.5. The fourth-order valence-corrected chi connectivity index (χ4v) is 2.73. The number of methoxy groups -OCH3 is 1. The maximum atomic E-state index is 12.4. The van der Waals surface area contributed by atoms with E-state index in [2.05, 4.69) is 5.32 Å². The van der Waals surface area contributed by atoms with Crippen molar-refractivity contribution in [3.05, 3.63) is 29.8 Å². The Kier molecular flexibility index (Phi) is 5.95. The van der Waals surface area contributed by atoms with Gasteiger partial charge in [-0.15, -0.1) is 0 Å². The largest absolute Gasteiger partial charge is 0.467 e. The molecule has 2 amide bonds. The number of ether oxygens (including phenoxy) is 1. The molecular formula is C18H24N2O4. The molecule has 1 fully saturated rings. The summed E-state index contributed by atoms with van der Waals surface area (Å²) in [6.45, 7) is 4.56. The second-order valence-electron chi connectivity index (χ2n) is 6.06. The second-order valence-corrected chi connectivity index (χ2v) is 6.06. The summed E-state index contributed by atoms with van der Waals surface area (Å²) in [5, 5.41) is 2.74. The van der Waals surface area contributed by atoms with Crippen molar-refractivity contribution >= 4 is 23.5 Å². The van der Waals surface area contributed by atoms with Gasteiger partial charge in [0.25, 0.3) is 5.91 Å². The van der Waals surface area contributed by atoms with Crippen LogP contribution in [-0.4, -0.2) is 37.5 Å². The van der Waals surface area contributed by atoms with Crippen LogP contribution >= 0.6 is 0 Å². The number of nitrogens with zero attached hydrogens (tertiary/aromatic N) is 1. The first-order valence-electron chi connectivity index (χ1n) is 8.27. The summed E-state index contributed by atoms with van der Waals surface area (Å²) in [6.07, 6.45) is 2.17. The zero-order chi connectivity index (χ0) is 17.7. The average molecular weight is 332 g/mol. The van der Waals surface area contributed by atoms with Gasteiger partial charge in [0.2, 0.25) is 5.91 Å². The molecule has 2 unspecified atom stereocenters. The number of amides is 2. The lowest BCUT2D eigenvalue weighted by Crippen LogP contribution is -2.45. The Morgan fingerprint density at radius 3 is 2.46 bits per heavy atom. The van der Waals surface area contributed by atoms with Gasteiger partial charge in [-0.1, -0.05) is 20.3 Å². The van der Waals surface area contributed by atoms with Crippen LogP contribution < -0.4 is 10.2 Å². The van der Waals surface area contributed by atoms with Crippen molar-refractivity contribution in [2.45, 2.75) is 39.2 Å². The standard InChI is InChI=1S/C18H24N2O4/c1-4-12(2)16(18(23)24-3)19-17(22)13-7-9-14(10-8-13)20-11-5-6-15(20)21/h7-10,12,16H,4-6,11H2,1-3H3,(H,19,22). The molecule has 1 heterocycles. The van der Waals surface area contributed by atoms with E-state index in [4.69, 9.17) is 4.74 Å². The molecule has 1 saturated heterocycles. The third-order valence-electron chi connectivity index (χ3n) is 4.47. The quantitative estimate of drug-likeness (QED) is 0.810. The van der Waals surface area contributed by atoms with E-state index in [1.54, 1.807) is 29.2 Å². The van der Waals surface area contributed by atoms with Gasteiger partial charge in [-0.2, -0.15) is 0 Å². The van der Waals surface area contributed by atoms with Crippen LogP contribution in [-0.2, 0) is 14.3 Å². The topological polar surface area (TPSA) is 75.7 Å². The normalized spacial score (nSPS) is 16.6. The predicted octanol–water partition coefficient (Wildman–Crippen LogP) is 2.13. The van der Waals surface area contributed by atoms with Crippen molar-refractivity contribution in [1.29, 1.82) is 0 Å². The van der Waals surface area contributed by atoms with E-state index in [1.165, 1.54) is 7.11 Å². The van der Waals surface area contributed by atoms with E-state index < -0.39 is 12.0 Å². The molecule has 1 N–H and O–H groups in total. The monoisotopic (exact) mass is 332 g/mol. The van der Waals surface area contributed by atoms with Gasteiger partial charge in [-0.25, -0.2) is 4.79 Å². The van der Waals surface area contributed by atoms with Crippen LogP contribution in [0.15, 0.2) is 24.3 Å². The number of nitrogens with one attached hydrogen (secondary N) is 1. The molecule has 0 bridgehead atoms. The molecule has 0 spiro atoms. The Morgan fingerprint density at radius 1 is 1.29 bits per heavy atom. The van der Waals surface area contributed by atoms with Gasteiger partial charge in [0, 0.05) is 24.2 Å². The van der Waals surface area contributed by atoms with Gasteiger partial charge < -0.3 is 15.0 Å². The lowest BCUT2D eigenvalue weighted by molar-refractivity contribution is -0.144. The zero-order valence-corrected chi connectivity index (χ0v) is 14.4. The molecule has 24 heavy (non-hydrogen) atoms. The average Bonchev–Trinajstić information content (AvgIpc) is 3.04. The van der Waals surface area contributed by atoms with Crippen LogP contribution in [0.1, 0.15) is 43.5 Å². The predicted molar refractivity (Wildman–Crippen MR) is 90.8 cm³/mol. The summed E-state index contributed by atoms with van der Waals surface area (Å²) >= 11 is 0. The summed E-state index contributed by atoms with van der Waals surface area (Å²) in [4.78, 5) is 37.7. The minimum Gasteiger partial charge on any atom is -0.467 e. The maximum Gasteiger partial charge on any atom is 0.328 e. The van der Waals surface area contributed by atoms with E-state index in [9.17, 15) is 14.4 Å². The molecule has 0 aliphatic carbocycles. The molecule has 0 aromatic heterocycles. The SMILES string of the molecule is CCC(C)C(NC(=O)c1ccc(N2CCCC2=O)cc1)C(=O)OC. The number of carbonyl (C=O) groups is 3. The van der Waals surface area contributed by atoms with E-state index in [-0.39, 0.29) is 17.7 Å². The third-order valence-corrected chi connectivity index (χ3v) is 4.47. The summed E-state index contributed by atoms with van der Waals surface area (Å²) in [6, 6.07) is 6.18. The van der Waals surface area contributed by atoms with Crippen molar-refractivity contribution < 1.29 is 19.1 Å². The van der Waals surface area contributed by atoms with E-state index >= 15 is 0 Å². The van der Waals surface area contributed by atoms with Gasteiger partial charge in [0.05, 0.1) is 7.11 Å². The highest BCUT2D eigenvalue weighted by atomic mass is 16.5. The van der Waals surface area contributed by atoms with Crippen LogP contribution in [0.25, 0.3) is 0 Å². The highest BCUT2D eigenvalue weighted by Crippen LogP contribution is 2.21. The Hall–Kier alpha value is -2.37. The number of hydrogen-bond acceptors (Lipinski definition) is 4. The number of hydrogen-bond donors (Lipinski definition) is 1. The van der Waals surface area contributed by atoms with Crippen LogP contribution in [0.4, 0.5) is 5.69 Å². The fourth-order valence-electron chi connectivity index (χ4n) is 2.73. The Labute approximate surface area is 142 Å². The molecule has 2 atom stereocenters. The molecule has 0 saturated carbocycles. The summed E-state index contributed by atoms with van der Waals surface area (Å²) < 4.78 is 4.77. The van der Waals surface area contributed by atoms with Crippen LogP contribution in [0, 0.1) is 5.92 Å².